The van der Waals surface area contributed by atoms with Crippen LogP contribution in [0.4, 0.5) is 24.5 Å². The lowest BCUT2D eigenvalue weighted by Gasteiger charge is -2.26. The minimum absolute atomic E-state index is 0.0279. The van der Waals surface area contributed by atoms with E-state index in [2.05, 4.69) is 5.32 Å². The molecule has 0 radical (unpaired) electrons. The molecule has 0 bridgehead atoms. The van der Waals surface area contributed by atoms with Crippen molar-refractivity contribution in [3.63, 3.8) is 0 Å². The molecule has 12 heteroatoms. The van der Waals surface area contributed by atoms with Gasteiger partial charge >= 0.3 is 6.18 Å². The molecule has 0 saturated carbocycles. The number of alkyl halides is 3. The highest BCUT2D eigenvalue weighted by Gasteiger charge is 2.34. The van der Waals surface area contributed by atoms with Crippen LogP contribution in [-0.2, 0) is 21.0 Å². The van der Waals surface area contributed by atoms with Crippen LogP contribution in [-0.4, -0.2) is 35.1 Å². The van der Waals surface area contributed by atoms with Crippen LogP contribution in [0.2, 0.25) is 5.02 Å². The third-order valence-electron chi connectivity index (χ3n) is 5.07. The average molecular weight is 543 g/mol. The molecule has 3 aromatic rings. The van der Waals surface area contributed by atoms with Crippen LogP contribution in [0.25, 0.3) is 0 Å². The fraction of sp³-hybridized carbons (Fsp3) is 0.208. The van der Waals surface area contributed by atoms with Crippen molar-refractivity contribution in [1.82, 2.24) is 0 Å². The highest BCUT2D eigenvalue weighted by atomic mass is 35.5. The van der Waals surface area contributed by atoms with E-state index >= 15 is 0 Å². The maximum Gasteiger partial charge on any atom is 0.416 e. The Morgan fingerprint density at radius 2 is 1.67 bits per heavy atom. The van der Waals surface area contributed by atoms with Crippen molar-refractivity contribution in [3.05, 3.63) is 76.8 Å². The zero-order chi connectivity index (χ0) is 26.7. The Balaban J connectivity index is 2.06. The molecule has 1 N–H and O–H groups in total. The summed E-state index contributed by atoms with van der Waals surface area (Å²) in [5.41, 5.74) is -0.619. The average Bonchev–Trinajstić information content (AvgIpc) is 2.82. The first-order valence-corrected chi connectivity index (χ1v) is 12.2. The molecule has 0 aliphatic rings. The largest absolute Gasteiger partial charge is 0.495 e. The molecule has 0 aliphatic heterocycles. The summed E-state index contributed by atoms with van der Waals surface area (Å²) in [5, 5.41) is 2.70. The molecule has 7 nitrogen and oxygen atoms in total. The van der Waals surface area contributed by atoms with E-state index in [1.807, 2.05) is 0 Å². The zero-order valence-corrected chi connectivity index (χ0v) is 21.0. The lowest BCUT2D eigenvalue weighted by Crippen LogP contribution is -2.38. The van der Waals surface area contributed by atoms with Crippen molar-refractivity contribution >= 4 is 38.9 Å². The van der Waals surface area contributed by atoms with Crippen LogP contribution in [0.1, 0.15) is 11.1 Å². The number of hydrogen-bond acceptors (Lipinski definition) is 5. The first-order chi connectivity index (χ1) is 16.9. The number of ether oxygens (including phenoxy) is 2. The molecule has 3 rings (SSSR count). The van der Waals surface area contributed by atoms with Crippen molar-refractivity contribution in [2.24, 2.45) is 0 Å². The number of nitrogens with zero attached hydrogens (tertiary/aromatic N) is 1. The van der Waals surface area contributed by atoms with Gasteiger partial charge in [0.15, 0.2) is 0 Å². The Kier molecular flexibility index (Phi) is 8.05. The van der Waals surface area contributed by atoms with Gasteiger partial charge in [-0.3, -0.25) is 9.10 Å². The van der Waals surface area contributed by atoms with Gasteiger partial charge in [0.2, 0.25) is 5.91 Å². The van der Waals surface area contributed by atoms with Crippen LogP contribution >= 0.6 is 11.6 Å². The molecule has 0 spiro atoms. The van der Waals surface area contributed by atoms with Crippen LogP contribution < -0.4 is 19.1 Å². The van der Waals surface area contributed by atoms with Crippen LogP contribution in [0, 0.1) is 6.92 Å². The monoisotopic (exact) mass is 542 g/mol. The van der Waals surface area contributed by atoms with Gasteiger partial charge in [-0.2, -0.15) is 13.2 Å². The molecular formula is C24H22ClF3N2O5S. The number of carbonyl (C=O) groups excluding carboxylic acids is 1. The van der Waals surface area contributed by atoms with Crippen LogP contribution in [0.5, 0.6) is 11.5 Å². The molecule has 0 fully saturated rings. The van der Waals surface area contributed by atoms with Crippen molar-refractivity contribution in [3.8, 4) is 11.5 Å². The zero-order valence-electron chi connectivity index (χ0n) is 19.4. The van der Waals surface area contributed by atoms with E-state index in [1.54, 1.807) is 13.0 Å². The number of carbonyl (C=O) groups is 1. The Morgan fingerprint density at radius 3 is 2.28 bits per heavy atom. The van der Waals surface area contributed by atoms with Gasteiger partial charge in [-0.25, -0.2) is 8.42 Å². The summed E-state index contributed by atoms with van der Waals surface area (Å²) < 4.78 is 78.4. The molecule has 3 aromatic carbocycles. The Hall–Kier alpha value is -3.44. The van der Waals surface area contributed by atoms with Gasteiger partial charge < -0.3 is 14.8 Å². The molecule has 192 valence electrons. The molecule has 1 amide bonds. The van der Waals surface area contributed by atoms with E-state index < -0.39 is 34.2 Å². The van der Waals surface area contributed by atoms with E-state index in [0.29, 0.717) is 21.7 Å². The first kappa shape index (κ1) is 27.2. The Labute approximate surface area is 211 Å². The SMILES string of the molecule is COc1ccc(NC(=O)CN(c2cccc(C(F)(F)F)c2)S(=O)(=O)c2cc(C)ccc2OC)cc1Cl. The van der Waals surface area contributed by atoms with E-state index in [-0.39, 0.29) is 27.0 Å². The lowest BCUT2D eigenvalue weighted by atomic mass is 10.2. The molecule has 0 heterocycles. The quantitative estimate of drug-likeness (QED) is 0.405. The molecular weight excluding hydrogens is 521 g/mol. The lowest BCUT2D eigenvalue weighted by molar-refractivity contribution is -0.137. The first-order valence-electron chi connectivity index (χ1n) is 10.3. The number of nitrogens with one attached hydrogen (secondary N) is 1. The summed E-state index contributed by atoms with van der Waals surface area (Å²) in [7, 11) is -1.88. The third kappa shape index (κ3) is 6.03. The van der Waals surface area contributed by atoms with Gasteiger partial charge in [0, 0.05) is 5.69 Å². The highest BCUT2D eigenvalue weighted by molar-refractivity contribution is 7.93. The van der Waals surface area contributed by atoms with E-state index in [9.17, 15) is 26.4 Å². The topological polar surface area (TPSA) is 84.9 Å². The van der Waals surface area contributed by atoms with Gasteiger partial charge in [0.1, 0.15) is 22.9 Å². The maximum absolute atomic E-state index is 13.7. The fourth-order valence-electron chi connectivity index (χ4n) is 3.33. The maximum atomic E-state index is 13.7. The summed E-state index contributed by atoms with van der Waals surface area (Å²) in [6, 6.07) is 12.4. The van der Waals surface area contributed by atoms with Crippen molar-refractivity contribution in [2.75, 3.05) is 30.4 Å². The number of anilines is 2. The van der Waals surface area contributed by atoms with Crippen molar-refractivity contribution < 1.29 is 35.9 Å². The second kappa shape index (κ2) is 10.7. The van der Waals surface area contributed by atoms with Gasteiger partial charge in [-0.1, -0.05) is 23.7 Å². The highest BCUT2D eigenvalue weighted by Crippen LogP contribution is 2.35. The standard InChI is InChI=1S/C24H22ClF3N2O5S/c1-15-7-9-21(35-3)22(11-15)36(32,33)30(18-6-4-5-16(12-18)24(26,27)28)14-23(31)29-17-8-10-20(34-2)19(25)13-17/h4-13H,14H2,1-3H3,(H,29,31). The second-order valence-electron chi connectivity index (χ2n) is 7.61. The van der Waals surface area contributed by atoms with Crippen LogP contribution in [0.15, 0.2) is 65.6 Å². The smallest absolute Gasteiger partial charge is 0.416 e. The third-order valence-corrected chi connectivity index (χ3v) is 7.16. The predicted octanol–water partition coefficient (Wildman–Crippen LogP) is 5.52. The van der Waals surface area contributed by atoms with Gasteiger partial charge in [-0.15, -0.1) is 0 Å². The number of rotatable bonds is 8. The summed E-state index contributed by atoms with van der Waals surface area (Å²) >= 11 is 6.07. The number of sulfonamides is 1. The molecule has 0 aliphatic carbocycles. The summed E-state index contributed by atoms with van der Waals surface area (Å²) in [6.07, 6.45) is -4.73. The summed E-state index contributed by atoms with van der Waals surface area (Å²) in [4.78, 5) is 12.6. The van der Waals surface area contributed by atoms with Crippen molar-refractivity contribution in [2.45, 2.75) is 18.0 Å². The fourth-order valence-corrected chi connectivity index (χ4v) is 5.25. The van der Waals surface area contributed by atoms with E-state index in [0.717, 1.165) is 12.1 Å². The number of methoxy groups -OCH3 is 2. The van der Waals surface area contributed by atoms with Crippen LogP contribution in [0.3, 0.4) is 0 Å². The van der Waals surface area contributed by atoms with Gasteiger partial charge in [0.25, 0.3) is 10.0 Å². The Bertz CT molecular complexity index is 1380. The minimum atomic E-state index is -4.73. The van der Waals surface area contributed by atoms with Crippen molar-refractivity contribution in [1.29, 1.82) is 0 Å². The van der Waals surface area contributed by atoms with E-state index in [4.69, 9.17) is 21.1 Å². The number of benzene rings is 3. The normalized spacial score (nSPS) is 11.6. The number of halogens is 4. The number of hydrogen-bond donors (Lipinski definition) is 1. The minimum Gasteiger partial charge on any atom is -0.495 e. The number of amides is 1. The summed E-state index contributed by atoms with van der Waals surface area (Å²) in [6.45, 7) is 0.817. The molecule has 36 heavy (non-hydrogen) atoms. The molecule has 0 aromatic heterocycles. The molecule has 0 saturated heterocycles. The second-order valence-corrected chi connectivity index (χ2v) is 9.85. The predicted molar refractivity (Wildman–Crippen MR) is 130 cm³/mol. The summed E-state index contributed by atoms with van der Waals surface area (Å²) in [5.74, 6) is -0.488. The van der Waals surface area contributed by atoms with Gasteiger partial charge in [0.05, 0.1) is 30.5 Å². The molecule has 0 unspecified atom stereocenters. The van der Waals surface area contributed by atoms with E-state index in [1.165, 1.54) is 50.6 Å². The number of aryl methyl sites for hydroxylation is 1. The van der Waals surface area contributed by atoms with Gasteiger partial charge in [-0.05, 0) is 61.0 Å². The Morgan fingerprint density at radius 1 is 1.00 bits per heavy atom. The molecule has 0 atom stereocenters.